The molecule has 0 amide bonds. The van der Waals surface area contributed by atoms with E-state index in [0.717, 1.165) is 12.8 Å². The van der Waals surface area contributed by atoms with Crippen LogP contribution in [0.1, 0.15) is 118 Å². The number of carbonyl (C=O) groups excluding carboxylic acids is 1. The number of unbranched alkanes of at least 4 members (excludes halogenated alkanes) is 13. The largest absolute Gasteiger partial charge is 0.465 e. The number of hydrogen-bond acceptors (Lipinski definition) is 5. The zero-order valence-electron chi connectivity index (χ0n) is 20.0. The van der Waals surface area contributed by atoms with Gasteiger partial charge < -0.3 is 10.5 Å². The minimum Gasteiger partial charge on any atom is -0.465 e. The second kappa shape index (κ2) is 21.6. The molecule has 0 bridgehead atoms. The number of esters is 1. The van der Waals surface area contributed by atoms with Crippen molar-refractivity contribution in [2.45, 2.75) is 124 Å². The molecular weight excluding hydrogens is 402 g/mol. The Balaban J connectivity index is 0. The van der Waals surface area contributed by atoms with Gasteiger partial charge in [-0.3, -0.25) is 9.35 Å². The van der Waals surface area contributed by atoms with Gasteiger partial charge in [-0.25, -0.2) is 0 Å². The fraction of sp³-hybridized carbons (Fsp3) is 0.957. The van der Waals surface area contributed by atoms with Crippen LogP contribution in [0.2, 0.25) is 0 Å². The minimum absolute atomic E-state index is 0.147. The van der Waals surface area contributed by atoms with Crippen LogP contribution < -0.4 is 5.73 Å². The molecule has 0 heterocycles. The predicted octanol–water partition coefficient (Wildman–Crippen LogP) is 5.89. The van der Waals surface area contributed by atoms with Crippen molar-refractivity contribution in [3.05, 3.63) is 0 Å². The highest BCUT2D eigenvalue weighted by Crippen LogP contribution is 2.13. The molecule has 7 heteroatoms. The molecule has 0 saturated heterocycles. The lowest BCUT2D eigenvalue weighted by atomic mass is 10.0. The quantitative estimate of drug-likeness (QED) is 0.153. The number of carbonyl (C=O) groups is 1. The molecular formula is C23H49NO5S. The van der Waals surface area contributed by atoms with E-state index in [-0.39, 0.29) is 17.6 Å². The van der Waals surface area contributed by atoms with Crippen LogP contribution in [0.15, 0.2) is 0 Å². The van der Waals surface area contributed by atoms with E-state index in [4.69, 9.17) is 15.0 Å². The molecule has 182 valence electrons. The van der Waals surface area contributed by atoms with Gasteiger partial charge in [0.2, 0.25) is 0 Å². The fourth-order valence-electron chi connectivity index (χ4n) is 2.84. The first-order chi connectivity index (χ1) is 14.2. The molecule has 0 aromatic rings. The van der Waals surface area contributed by atoms with E-state index in [1.54, 1.807) is 0 Å². The summed E-state index contributed by atoms with van der Waals surface area (Å²) in [6.07, 6.45) is 18.7. The lowest BCUT2D eigenvalue weighted by Crippen LogP contribution is -2.37. The molecule has 0 aliphatic rings. The number of nitrogens with two attached hydrogens (primary N) is 1. The Morgan fingerprint density at radius 2 is 1.13 bits per heavy atom. The Kier molecular flexibility index (Phi) is 22.7. The molecule has 3 N–H and O–H groups in total. The third-order valence-electron chi connectivity index (χ3n) is 5.10. The molecule has 0 rings (SSSR count). The van der Waals surface area contributed by atoms with Crippen LogP contribution in [-0.2, 0) is 19.6 Å². The normalized spacial score (nSPS) is 12.4. The van der Waals surface area contributed by atoms with Crippen LogP contribution in [0.4, 0.5) is 0 Å². The Bertz CT molecular complexity index is 480. The second-order valence-corrected chi connectivity index (χ2v) is 10.1. The van der Waals surface area contributed by atoms with E-state index < -0.39 is 16.2 Å². The Morgan fingerprint density at radius 1 is 0.800 bits per heavy atom. The van der Waals surface area contributed by atoms with Gasteiger partial charge in [0.05, 0.1) is 12.4 Å². The van der Waals surface area contributed by atoms with Gasteiger partial charge in [-0.05, 0) is 19.3 Å². The maximum atomic E-state index is 11.6. The smallest absolute Gasteiger partial charge is 0.323 e. The van der Waals surface area contributed by atoms with Gasteiger partial charge in [-0.2, -0.15) is 8.42 Å². The average Bonchev–Trinajstić information content (AvgIpc) is 2.69. The number of rotatable bonds is 18. The molecule has 0 aliphatic heterocycles. The lowest BCUT2D eigenvalue weighted by Gasteiger charge is -2.14. The van der Waals surface area contributed by atoms with E-state index in [1.165, 1.54) is 84.0 Å². The van der Waals surface area contributed by atoms with Crippen LogP contribution in [0, 0.1) is 5.92 Å². The van der Waals surface area contributed by atoms with Crippen molar-refractivity contribution in [2.75, 3.05) is 12.4 Å². The van der Waals surface area contributed by atoms with E-state index in [2.05, 4.69) is 6.92 Å². The molecule has 1 atom stereocenters. The van der Waals surface area contributed by atoms with Crippen molar-refractivity contribution in [3.63, 3.8) is 0 Å². The molecule has 30 heavy (non-hydrogen) atoms. The summed E-state index contributed by atoms with van der Waals surface area (Å²) in [5.74, 6) is -0.305. The van der Waals surface area contributed by atoms with E-state index in [0.29, 0.717) is 6.61 Å². The summed E-state index contributed by atoms with van der Waals surface area (Å²) in [6.45, 7) is 8.05. The molecule has 0 aromatic heterocycles. The maximum absolute atomic E-state index is 11.6. The topological polar surface area (TPSA) is 107 Å². The number of ether oxygens (including phenoxy) is 1. The van der Waals surface area contributed by atoms with Gasteiger partial charge in [-0.1, -0.05) is 104 Å². The Labute approximate surface area is 186 Å². The van der Waals surface area contributed by atoms with Gasteiger partial charge in [0.25, 0.3) is 10.1 Å². The summed E-state index contributed by atoms with van der Waals surface area (Å²) in [5.41, 5.74) is 5.75. The molecule has 0 aliphatic carbocycles. The SMILES string of the molecule is CCCCCCCCCCCCCCCCOC(=O)[C@@H](N)C(C)C.CCS(=O)(=O)O. The van der Waals surface area contributed by atoms with Gasteiger partial charge in [0.15, 0.2) is 0 Å². The van der Waals surface area contributed by atoms with Crippen molar-refractivity contribution in [1.29, 1.82) is 0 Å². The van der Waals surface area contributed by atoms with Crippen molar-refractivity contribution in [1.82, 2.24) is 0 Å². The summed E-state index contributed by atoms with van der Waals surface area (Å²) < 4.78 is 32.1. The molecule has 0 aromatic carbocycles. The molecule has 0 unspecified atom stereocenters. The van der Waals surface area contributed by atoms with Gasteiger partial charge in [-0.15, -0.1) is 0 Å². The molecule has 6 nitrogen and oxygen atoms in total. The summed E-state index contributed by atoms with van der Waals surface area (Å²) in [6, 6.07) is -0.475. The first kappa shape index (κ1) is 31.5. The van der Waals surface area contributed by atoms with E-state index in [9.17, 15) is 13.2 Å². The maximum Gasteiger partial charge on any atom is 0.323 e. The second-order valence-electron chi connectivity index (χ2n) is 8.40. The third-order valence-corrected chi connectivity index (χ3v) is 5.83. The van der Waals surface area contributed by atoms with Crippen molar-refractivity contribution < 1.29 is 22.5 Å². The highest BCUT2D eigenvalue weighted by Gasteiger charge is 2.18. The first-order valence-corrected chi connectivity index (χ1v) is 13.6. The third kappa shape index (κ3) is 25.4. The van der Waals surface area contributed by atoms with E-state index >= 15 is 0 Å². The first-order valence-electron chi connectivity index (χ1n) is 12.0. The predicted molar refractivity (Wildman–Crippen MR) is 126 cm³/mol. The minimum atomic E-state index is -3.66. The summed E-state index contributed by atoms with van der Waals surface area (Å²) >= 11 is 0. The highest BCUT2D eigenvalue weighted by molar-refractivity contribution is 7.85. The lowest BCUT2D eigenvalue weighted by molar-refractivity contribution is -0.146. The molecule has 0 fully saturated rings. The summed E-state index contributed by atoms with van der Waals surface area (Å²) in [4.78, 5) is 11.6. The van der Waals surface area contributed by atoms with Gasteiger partial charge in [0, 0.05) is 0 Å². The molecule has 0 spiro atoms. The van der Waals surface area contributed by atoms with Crippen molar-refractivity contribution in [3.8, 4) is 0 Å². The average molecular weight is 452 g/mol. The molecule has 0 radical (unpaired) electrons. The summed E-state index contributed by atoms with van der Waals surface area (Å²) in [5, 5.41) is 0. The van der Waals surface area contributed by atoms with Crippen LogP contribution in [0.25, 0.3) is 0 Å². The zero-order chi connectivity index (χ0) is 23.3. The van der Waals surface area contributed by atoms with Crippen molar-refractivity contribution in [2.24, 2.45) is 11.7 Å². The highest BCUT2D eigenvalue weighted by atomic mass is 32.2. The van der Waals surface area contributed by atoms with Crippen LogP contribution in [-0.4, -0.2) is 37.3 Å². The Morgan fingerprint density at radius 3 is 1.43 bits per heavy atom. The molecule has 0 saturated carbocycles. The summed E-state index contributed by atoms with van der Waals surface area (Å²) in [7, 11) is -3.66. The van der Waals surface area contributed by atoms with Crippen LogP contribution >= 0.6 is 0 Å². The van der Waals surface area contributed by atoms with E-state index in [1.807, 2.05) is 13.8 Å². The van der Waals surface area contributed by atoms with Gasteiger partial charge >= 0.3 is 5.97 Å². The fourth-order valence-corrected chi connectivity index (χ4v) is 2.84. The standard InChI is InChI=1S/C21H43NO2.C2H6O3S/c1-4-5-6-7-8-9-10-11-12-13-14-15-16-17-18-24-21(23)20(22)19(2)3;1-2-6(3,4)5/h19-20H,4-18,22H2,1-3H3;2H2,1H3,(H,3,4,5)/t20-;/m0./s1. The van der Waals surface area contributed by atoms with Crippen molar-refractivity contribution >= 4 is 16.1 Å². The van der Waals surface area contributed by atoms with Gasteiger partial charge in [0.1, 0.15) is 6.04 Å². The Hall–Kier alpha value is -0.660. The monoisotopic (exact) mass is 451 g/mol. The van der Waals surface area contributed by atoms with Crippen LogP contribution in [0.5, 0.6) is 0 Å². The van der Waals surface area contributed by atoms with Crippen LogP contribution in [0.3, 0.4) is 0 Å². The number of hydrogen-bond donors (Lipinski definition) is 2. The zero-order valence-corrected chi connectivity index (χ0v) is 20.9.